The maximum atomic E-state index is 11.7. The molecule has 0 spiro atoms. The number of hydrogen-bond donors (Lipinski definition) is 2. The molecule has 0 saturated heterocycles. The zero-order valence-electron chi connectivity index (χ0n) is 10.4. The van der Waals surface area contributed by atoms with Crippen LogP contribution < -0.4 is 5.63 Å². The smallest absolute Gasteiger partial charge is 0.339 e. The minimum atomic E-state index is -0.699. The van der Waals surface area contributed by atoms with Crippen molar-refractivity contribution < 1.29 is 19.4 Å². The van der Waals surface area contributed by atoms with Gasteiger partial charge in [-0.15, -0.1) is 0 Å². The van der Waals surface area contributed by atoms with Gasteiger partial charge in [-0.2, -0.15) is 0 Å². The summed E-state index contributed by atoms with van der Waals surface area (Å²) in [7, 11) is 0. The number of ketones is 1. The molecule has 0 fully saturated rings. The summed E-state index contributed by atoms with van der Waals surface area (Å²) in [4.78, 5) is 22.7. The van der Waals surface area contributed by atoms with Gasteiger partial charge in [0.1, 0.15) is 17.3 Å². The van der Waals surface area contributed by atoms with Crippen molar-refractivity contribution in [2.45, 2.75) is 6.42 Å². The van der Waals surface area contributed by atoms with E-state index in [2.05, 4.69) is 0 Å². The van der Waals surface area contributed by atoms with E-state index in [0.29, 0.717) is 0 Å². The van der Waals surface area contributed by atoms with E-state index >= 15 is 0 Å². The average molecular weight is 272 g/mol. The Kier molecular flexibility index (Phi) is 4.00. The molecule has 0 aliphatic rings. The van der Waals surface area contributed by atoms with Crippen molar-refractivity contribution >= 4 is 11.9 Å². The molecule has 102 valence electrons. The maximum Gasteiger partial charge on any atom is 0.339 e. The van der Waals surface area contributed by atoms with Gasteiger partial charge in [-0.1, -0.05) is 18.2 Å². The molecule has 1 aromatic heterocycles. The first-order valence-corrected chi connectivity index (χ1v) is 5.86. The topological polar surface area (TPSA) is 87.7 Å². The highest BCUT2D eigenvalue weighted by atomic mass is 16.4. The van der Waals surface area contributed by atoms with E-state index in [1.54, 1.807) is 18.2 Å². The van der Waals surface area contributed by atoms with Crippen molar-refractivity contribution in [1.29, 1.82) is 0 Å². The summed E-state index contributed by atoms with van der Waals surface area (Å²) in [5.41, 5.74) is 0.0591. The quantitative estimate of drug-likeness (QED) is 0.830. The fraction of sp³-hybridized carbons (Fsp3) is 0.0667. The number of phenols is 1. The third-order valence-corrected chi connectivity index (χ3v) is 2.51. The van der Waals surface area contributed by atoms with E-state index in [4.69, 9.17) is 9.52 Å². The van der Waals surface area contributed by atoms with Crippen molar-refractivity contribution in [2.75, 3.05) is 0 Å². The van der Waals surface area contributed by atoms with Crippen LogP contribution in [0.15, 0.2) is 51.7 Å². The summed E-state index contributed by atoms with van der Waals surface area (Å²) < 4.78 is 4.79. The lowest BCUT2D eigenvalue weighted by atomic mass is 10.1. The summed E-state index contributed by atoms with van der Waals surface area (Å²) in [6, 6.07) is 8.51. The molecule has 2 aromatic rings. The molecule has 0 aliphatic carbocycles. The summed E-state index contributed by atoms with van der Waals surface area (Å²) in [6.45, 7) is 0. The van der Waals surface area contributed by atoms with Gasteiger partial charge in [0.15, 0.2) is 5.78 Å². The molecule has 0 bridgehead atoms. The molecule has 0 radical (unpaired) electrons. The van der Waals surface area contributed by atoms with Crippen LogP contribution in [-0.2, 0) is 11.2 Å². The van der Waals surface area contributed by atoms with Gasteiger partial charge in [0, 0.05) is 6.07 Å². The number of rotatable bonds is 4. The zero-order valence-corrected chi connectivity index (χ0v) is 10.4. The Labute approximate surface area is 114 Å². The fourth-order valence-corrected chi connectivity index (χ4v) is 1.61. The molecule has 1 aromatic carbocycles. The highest BCUT2D eigenvalue weighted by molar-refractivity contribution is 5.94. The molecule has 0 saturated carbocycles. The van der Waals surface area contributed by atoms with Gasteiger partial charge in [-0.25, -0.2) is 4.79 Å². The Morgan fingerprint density at radius 1 is 1.10 bits per heavy atom. The van der Waals surface area contributed by atoms with E-state index in [0.717, 1.165) is 11.6 Å². The predicted octanol–water partition coefficient (Wildman–Crippen LogP) is 1.88. The Morgan fingerprint density at radius 3 is 2.45 bits per heavy atom. The van der Waals surface area contributed by atoms with Crippen molar-refractivity contribution in [3.8, 4) is 11.5 Å². The first-order chi connectivity index (χ1) is 9.52. The molecule has 0 atom stereocenters. The summed E-state index contributed by atoms with van der Waals surface area (Å²) >= 11 is 0. The summed E-state index contributed by atoms with van der Waals surface area (Å²) in [5, 5.41) is 18.4. The van der Waals surface area contributed by atoms with Crippen LogP contribution in [0.3, 0.4) is 0 Å². The van der Waals surface area contributed by atoms with Crippen molar-refractivity contribution in [2.24, 2.45) is 0 Å². The highest BCUT2D eigenvalue weighted by Crippen LogP contribution is 2.12. The fourth-order valence-electron chi connectivity index (χ4n) is 1.61. The normalized spacial score (nSPS) is 10.8. The summed E-state index contributed by atoms with van der Waals surface area (Å²) in [5.74, 6) is -0.247. The molecule has 5 heteroatoms. The SMILES string of the molecule is O=C(/C=C/c1ccc(O)cc1)Cc1cc(O)cc(=O)o1. The molecule has 2 rings (SSSR count). The number of carbonyl (C=O) groups is 1. The molecule has 20 heavy (non-hydrogen) atoms. The van der Waals surface area contributed by atoms with Crippen LogP contribution in [0.25, 0.3) is 6.08 Å². The molecule has 0 aliphatic heterocycles. The average Bonchev–Trinajstić information content (AvgIpc) is 2.37. The number of aromatic hydroxyl groups is 2. The minimum absolute atomic E-state index is 0.107. The van der Waals surface area contributed by atoms with Crippen LogP contribution in [0, 0.1) is 0 Å². The lowest BCUT2D eigenvalue weighted by molar-refractivity contribution is -0.114. The van der Waals surface area contributed by atoms with Crippen LogP contribution in [0.5, 0.6) is 11.5 Å². The highest BCUT2D eigenvalue weighted by Gasteiger charge is 2.05. The molecule has 1 heterocycles. The largest absolute Gasteiger partial charge is 0.508 e. The van der Waals surface area contributed by atoms with E-state index in [-0.39, 0.29) is 29.5 Å². The number of phenolic OH excluding ortho intramolecular Hbond substituents is 1. The van der Waals surface area contributed by atoms with Crippen LogP contribution in [0.4, 0.5) is 0 Å². The van der Waals surface area contributed by atoms with Gasteiger partial charge in [0.25, 0.3) is 0 Å². The Hall–Kier alpha value is -2.82. The van der Waals surface area contributed by atoms with Crippen molar-refractivity contribution in [3.63, 3.8) is 0 Å². The monoisotopic (exact) mass is 272 g/mol. The molecule has 2 N–H and O–H groups in total. The van der Waals surface area contributed by atoms with Gasteiger partial charge in [0.05, 0.1) is 12.5 Å². The third-order valence-electron chi connectivity index (χ3n) is 2.51. The van der Waals surface area contributed by atoms with Gasteiger partial charge in [0.2, 0.25) is 0 Å². The first-order valence-electron chi connectivity index (χ1n) is 5.86. The van der Waals surface area contributed by atoms with Crippen LogP contribution in [0.2, 0.25) is 0 Å². The van der Waals surface area contributed by atoms with Crippen LogP contribution in [0.1, 0.15) is 11.3 Å². The predicted molar refractivity (Wildman–Crippen MR) is 72.5 cm³/mol. The zero-order chi connectivity index (χ0) is 14.5. The number of hydrogen-bond acceptors (Lipinski definition) is 5. The van der Waals surface area contributed by atoms with Crippen molar-refractivity contribution in [3.05, 3.63) is 64.2 Å². The first kappa shape index (κ1) is 13.6. The second-order valence-electron chi connectivity index (χ2n) is 4.17. The van der Waals surface area contributed by atoms with Gasteiger partial charge >= 0.3 is 5.63 Å². The van der Waals surface area contributed by atoms with E-state index in [9.17, 15) is 14.7 Å². The number of carbonyl (C=O) groups excluding carboxylic acids is 1. The van der Waals surface area contributed by atoms with Crippen molar-refractivity contribution in [1.82, 2.24) is 0 Å². The number of allylic oxidation sites excluding steroid dienone is 1. The van der Waals surface area contributed by atoms with E-state index in [1.165, 1.54) is 24.3 Å². The van der Waals surface area contributed by atoms with E-state index in [1.807, 2.05) is 0 Å². The standard InChI is InChI=1S/C15H12O5/c16-11-4-1-10(2-5-11)3-6-12(17)7-14-8-13(18)9-15(19)20-14/h1-6,8-9,16,18H,7H2/b6-3+. The van der Waals surface area contributed by atoms with Crippen LogP contribution in [-0.4, -0.2) is 16.0 Å². The molecular formula is C15H12O5. The number of benzene rings is 1. The van der Waals surface area contributed by atoms with Gasteiger partial charge < -0.3 is 14.6 Å². The lowest BCUT2D eigenvalue weighted by Gasteiger charge is -1.97. The third kappa shape index (κ3) is 3.84. The molecule has 0 amide bonds. The minimum Gasteiger partial charge on any atom is -0.508 e. The lowest BCUT2D eigenvalue weighted by Crippen LogP contribution is -2.03. The Balaban J connectivity index is 2.05. The molecular weight excluding hydrogens is 260 g/mol. The van der Waals surface area contributed by atoms with Gasteiger partial charge in [-0.05, 0) is 23.8 Å². The molecule has 0 unspecified atom stereocenters. The van der Waals surface area contributed by atoms with Gasteiger partial charge in [-0.3, -0.25) is 4.79 Å². The Morgan fingerprint density at radius 2 is 1.80 bits per heavy atom. The van der Waals surface area contributed by atoms with Crippen LogP contribution >= 0.6 is 0 Å². The second-order valence-corrected chi connectivity index (χ2v) is 4.17. The second kappa shape index (κ2) is 5.88. The molecule has 5 nitrogen and oxygen atoms in total. The van der Waals surface area contributed by atoms with E-state index < -0.39 is 5.63 Å². The Bertz CT molecular complexity index is 695. The maximum absolute atomic E-state index is 11.7. The summed E-state index contributed by atoms with van der Waals surface area (Å²) in [6.07, 6.45) is 2.82.